The first-order chi connectivity index (χ1) is 11.5. The Morgan fingerprint density at radius 1 is 1.25 bits per heavy atom. The number of hydrogen-bond donors (Lipinski definition) is 1. The highest BCUT2D eigenvalue weighted by Gasteiger charge is 2.32. The van der Waals surface area contributed by atoms with Gasteiger partial charge in [0, 0.05) is 19.6 Å². The molecule has 1 fully saturated rings. The van der Waals surface area contributed by atoms with E-state index in [0.29, 0.717) is 24.8 Å². The van der Waals surface area contributed by atoms with Crippen LogP contribution in [0.15, 0.2) is 18.2 Å². The Bertz CT molecular complexity index is 817. The fourth-order valence-electron chi connectivity index (χ4n) is 2.59. The molecule has 1 N–H and O–H groups in total. The number of thiazole rings is 1. The summed E-state index contributed by atoms with van der Waals surface area (Å²) in [4.78, 5) is 43.1. The van der Waals surface area contributed by atoms with Crippen molar-refractivity contribution in [2.24, 2.45) is 0 Å². The number of hydrogen-bond acceptors (Lipinski definition) is 5. The van der Waals surface area contributed by atoms with Crippen LogP contribution in [0, 0.1) is 6.92 Å². The predicted octanol–water partition coefficient (Wildman–Crippen LogP) is 1.23. The third-order valence-electron chi connectivity index (χ3n) is 3.90. The van der Waals surface area contributed by atoms with E-state index in [1.807, 2.05) is 32.0 Å². The van der Waals surface area contributed by atoms with Gasteiger partial charge in [0.25, 0.3) is 0 Å². The summed E-state index contributed by atoms with van der Waals surface area (Å²) in [6.45, 7) is 4.99. The van der Waals surface area contributed by atoms with Crippen LogP contribution >= 0.6 is 11.3 Å². The summed E-state index contributed by atoms with van der Waals surface area (Å²) in [5.41, 5.74) is 1.95. The molecule has 2 heterocycles. The molecule has 1 aliphatic rings. The second-order valence-electron chi connectivity index (χ2n) is 5.65. The zero-order valence-electron chi connectivity index (χ0n) is 13.5. The Kier molecular flexibility index (Phi) is 4.48. The molecule has 3 rings (SSSR count). The van der Waals surface area contributed by atoms with Crippen LogP contribution in [-0.2, 0) is 14.4 Å². The number of anilines is 1. The number of rotatable bonds is 4. The van der Waals surface area contributed by atoms with Gasteiger partial charge in [0.1, 0.15) is 6.54 Å². The lowest BCUT2D eigenvalue weighted by Crippen LogP contribution is -2.55. The number of aromatic nitrogens is 1. The SMILES string of the molecule is CCN1CCN(CC(=O)Nc2nc3ccc(C)cc3s2)C(=O)C1=O. The second kappa shape index (κ2) is 6.56. The van der Waals surface area contributed by atoms with E-state index >= 15 is 0 Å². The predicted molar refractivity (Wildman–Crippen MR) is 91.8 cm³/mol. The quantitative estimate of drug-likeness (QED) is 0.844. The maximum absolute atomic E-state index is 12.2. The van der Waals surface area contributed by atoms with Crippen molar-refractivity contribution in [2.75, 3.05) is 31.5 Å². The van der Waals surface area contributed by atoms with Crippen LogP contribution in [0.1, 0.15) is 12.5 Å². The second-order valence-corrected chi connectivity index (χ2v) is 6.68. The number of nitrogens with zero attached hydrogens (tertiary/aromatic N) is 3. The number of carbonyl (C=O) groups excluding carboxylic acids is 3. The number of aryl methyl sites for hydroxylation is 1. The van der Waals surface area contributed by atoms with E-state index < -0.39 is 11.8 Å². The molecule has 2 aromatic rings. The first-order valence-corrected chi connectivity index (χ1v) is 8.55. The van der Waals surface area contributed by atoms with Crippen LogP contribution < -0.4 is 5.32 Å². The van der Waals surface area contributed by atoms with Gasteiger partial charge in [0.05, 0.1) is 10.2 Å². The Labute approximate surface area is 143 Å². The Hall–Kier alpha value is -2.48. The van der Waals surface area contributed by atoms with E-state index in [-0.39, 0.29) is 12.5 Å². The molecule has 0 bridgehead atoms. The lowest BCUT2D eigenvalue weighted by Gasteiger charge is -2.32. The number of likely N-dealkylation sites (N-methyl/N-ethyl adjacent to an activating group) is 1. The molecule has 7 nitrogen and oxygen atoms in total. The summed E-state index contributed by atoms with van der Waals surface area (Å²) in [5.74, 6) is -1.53. The van der Waals surface area contributed by atoms with Crippen LogP contribution in [0.5, 0.6) is 0 Å². The molecule has 1 aromatic carbocycles. The molecule has 126 valence electrons. The van der Waals surface area contributed by atoms with E-state index in [2.05, 4.69) is 10.3 Å². The van der Waals surface area contributed by atoms with Gasteiger partial charge in [-0.2, -0.15) is 0 Å². The first-order valence-electron chi connectivity index (χ1n) is 7.73. The minimum Gasteiger partial charge on any atom is -0.333 e. The molecule has 0 radical (unpaired) electrons. The average molecular weight is 346 g/mol. The Morgan fingerprint density at radius 3 is 2.71 bits per heavy atom. The fraction of sp³-hybridized carbons (Fsp3) is 0.375. The molecule has 1 aromatic heterocycles. The summed E-state index contributed by atoms with van der Waals surface area (Å²) in [7, 11) is 0. The van der Waals surface area contributed by atoms with Crippen molar-refractivity contribution in [1.29, 1.82) is 0 Å². The van der Waals surface area contributed by atoms with Crippen molar-refractivity contribution in [1.82, 2.24) is 14.8 Å². The molecule has 0 saturated carbocycles. The van der Waals surface area contributed by atoms with E-state index in [1.54, 1.807) is 0 Å². The molecule has 0 spiro atoms. The smallest absolute Gasteiger partial charge is 0.312 e. The van der Waals surface area contributed by atoms with Crippen molar-refractivity contribution in [3.63, 3.8) is 0 Å². The monoisotopic (exact) mass is 346 g/mol. The maximum atomic E-state index is 12.2. The van der Waals surface area contributed by atoms with Crippen LogP contribution in [0.2, 0.25) is 0 Å². The highest BCUT2D eigenvalue weighted by Crippen LogP contribution is 2.26. The lowest BCUT2D eigenvalue weighted by atomic mass is 10.2. The van der Waals surface area contributed by atoms with Gasteiger partial charge in [-0.15, -0.1) is 0 Å². The Balaban J connectivity index is 1.64. The highest BCUT2D eigenvalue weighted by molar-refractivity contribution is 7.22. The summed E-state index contributed by atoms with van der Waals surface area (Å²) in [5, 5.41) is 3.20. The van der Waals surface area contributed by atoms with Crippen molar-refractivity contribution >= 4 is 44.4 Å². The molecule has 0 unspecified atom stereocenters. The van der Waals surface area contributed by atoms with E-state index in [0.717, 1.165) is 15.8 Å². The highest BCUT2D eigenvalue weighted by atomic mass is 32.1. The standard InChI is InChI=1S/C16H18N4O3S/c1-3-19-6-7-20(15(23)14(19)22)9-13(21)18-16-17-11-5-4-10(2)8-12(11)24-16/h4-5,8H,3,6-7,9H2,1-2H3,(H,17,18,21). The summed E-state index contributed by atoms with van der Waals surface area (Å²) >= 11 is 1.39. The van der Waals surface area contributed by atoms with Crippen molar-refractivity contribution in [3.8, 4) is 0 Å². The number of piperazine rings is 1. The van der Waals surface area contributed by atoms with E-state index in [1.165, 1.54) is 21.1 Å². The van der Waals surface area contributed by atoms with Gasteiger partial charge >= 0.3 is 11.8 Å². The van der Waals surface area contributed by atoms with Crippen LogP contribution in [0.4, 0.5) is 5.13 Å². The largest absolute Gasteiger partial charge is 0.333 e. The van der Waals surface area contributed by atoms with E-state index in [9.17, 15) is 14.4 Å². The van der Waals surface area contributed by atoms with Crippen molar-refractivity contribution in [3.05, 3.63) is 23.8 Å². The van der Waals surface area contributed by atoms with Crippen molar-refractivity contribution < 1.29 is 14.4 Å². The first kappa shape index (κ1) is 16.4. The molecule has 3 amide bonds. The number of amides is 3. The normalized spacial score (nSPS) is 15.2. The zero-order chi connectivity index (χ0) is 17.3. The minimum atomic E-state index is -0.627. The summed E-state index contributed by atoms with van der Waals surface area (Å²) < 4.78 is 0.994. The van der Waals surface area contributed by atoms with Crippen molar-refractivity contribution in [2.45, 2.75) is 13.8 Å². The molecular weight excluding hydrogens is 328 g/mol. The van der Waals surface area contributed by atoms with Gasteiger partial charge in [0.2, 0.25) is 5.91 Å². The molecule has 24 heavy (non-hydrogen) atoms. The van der Waals surface area contributed by atoms with Gasteiger partial charge in [-0.3, -0.25) is 14.4 Å². The van der Waals surface area contributed by atoms with Gasteiger partial charge in [-0.25, -0.2) is 4.98 Å². The van der Waals surface area contributed by atoms with Crippen LogP contribution in [0.3, 0.4) is 0 Å². The van der Waals surface area contributed by atoms with Gasteiger partial charge in [0.15, 0.2) is 5.13 Å². The Morgan fingerprint density at radius 2 is 1.96 bits per heavy atom. The lowest BCUT2D eigenvalue weighted by molar-refractivity contribution is -0.156. The summed E-state index contributed by atoms with van der Waals surface area (Å²) in [6, 6.07) is 5.88. The molecule has 0 atom stereocenters. The summed E-state index contributed by atoms with van der Waals surface area (Å²) in [6.07, 6.45) is 0. The maximum Gasteiger partial charge on any atom is 0.312 e. The molecule has 0 aliphatic carbocycles. The molecule has 8 heteroatoms. The average Bonchev–Trinajstić information content (AvgIpc) is 2.93. The minimum absolute atomic E-state index is 0.142. The van der Waals surface area contributed by atoms with Gasteiger partial charge in [-0.05, 0) is 31.5 Å². The number of fused-ring (bicyclic) bond motifs is 1. The number of benzene rings is 1. The zero-order valence-corrected chi connectivity index (χ0v) is 14.4. The topological polar surface area (TPSA) is 82.6 Å². The van der Waals surface area contributed by atoms with Gasteiger partial charge < -0.3 is 15.1 Å². The fourth-order valence-corrected chi connectivity index (χ4v) is 3.57. The number of nitrogens with one attached hydrogen (secondary N) is 1. The van der Waals surface area contributed by atoms with Crippen LogP contribution in [0.25, 0.3) is 10.2 Å². The molecule has 1 aliphatic heterocycles. The molecule has 1 saturated heterocycles. The van der Waals surface area contributed by atoms with E-state index in [4.69, 9.17) is 0 Å². The third-order valence-corrected chi connectivity index (χ3v) is 4.84. The third kappa shape index (κ3) is 3.23. The number of carbonyl (C=O) groups is 3. The molecular formula is C16H18N4O3S. The van der Waals surface area contributed by atoms with Crippen LogP contribution in [-0.4, -0.2) is 58.7 Å². The van der Waals surface area contributed by atoms with Gasteiger partial charge in [-0.1, -0.05) is 17.4 Å².